The summed E-state index contributed by atoms with van der Waals surface area (Å²) in [5.74, 6) is -0.140. The van der Waals surface area contributed by atoms with Gasteiger partial charge in [0.2, 0.25) is 5.91 Å². The topological polar surface area (TPSA) is 29.1 Å². The number of carbonyl (C=O) groups excluding carboxylic acids is 1. The van der Waals surface area contributed by atoms with Gasteiger partial charge >= 0.3 is 0 Å². The van der Waals surface area contributed by atoms with Gasteiger partial charge in [0.1, 0.15) is 0 Å². The van der Waals surface area contributed by atoms with Crippen LogP contribution in [0.1, 0.15) is 33.6 Å². The molecule has 1 aliphatic rings. The van der Waals surface area contributed by atoms with Gasteiger partial charge in [-0.15, -0.1) is 0 Å². The lowest BCUT2D eigenvalue weighted by Gasteiger charge is -2.33. The average molecular weight is 168 g/mol. The van der Waals surface area contributed by atoms with Gasteiger partial charge in [0.25, 0.3) is 0 Å². The monoisotopic (exact) mass is 168 g/mol. The number of hydrogen-bond acceptors (Lipinski definition) is 1. The smallest absolute Gasteiger partial charge is 0.227 e. The van der Waals surface area contributed by atoms with Crippen molar-refractivity contribution >= 4 is 5.91 Å². The van der Waals surface area contributed by atoms with Crippen molar-refractivity contribution in [1.29, 1.82) is 0 Å². The number of amides is 1. The SMILES string of the molecule is [2H]N1C(=C)CCC(C(C)(C)C)C1=O. The Hall–Kier alpha value is -0.790. The Morgan fingerprint density at radius 1 is 1.67 bits per heavy atom. The first-order chi connectivity index (χ1) is 5.84. The van der Waals surface area contributed by atoms with Crippen molar-refractivity contribution in [3.05, 3.63) is 12.3 Å². The number of hydrogen-bond donors (Lipinski definition) is 1. The highest BCUT2D eigenvalue weighted by Gasteiger charge is 2.33. The fourth-order valence-electron chi connectivity index (χ4n) is 1.53. The van der Waals surface area contributed by atoms with E-state index in [4.69, 9.17) is 1.41 Å². The van der Waals surface area contributed by atoms with Crippen LogP contribution in [0.15, 0.2) is 12.3 Å². The van der Waals surface area contributed by atoms with Gasteiger partial charge < -0.3 is 5.31 Å². The maximum Gasteiger partial charge on any atom is 0.227 e. The minimum Gasteiger partial charge on any atom is -0.330 e. The second-order valence-corrected chi connectivity index (χ2v) is 4.47. The van der Waals surface area contributed by atoms with Crippen LogP contribution in [0.2, 0.25) is 1.41 Å². The van der Waals surface area contributed by atoms with Gasteiger partial charge in [-0.1, -0.05) is 27.4 Å². The summed E-state index contributed by atoms with van der Waals surface area (Å²) >= 11 is 0. The van der Waals surface area contributed by atoms with Crippen LogP contribution in [0.4, 0.5) is 0 Å². The molecule has 12 heavy (non-hydrogen) atoms. The molecule has 1 atom stereocenters. The number of nitrogens with one attached hydrogen (secondary N) is 1. The van der Waals surface area contributed by atoms with Crippen molar-refractivity contribution in [2.45, 2.75) is 33.6 Å². The molecule has 1 fully saturated rings. The van der Waals surface area contributed by atoms with Gasteiger partial charge in [-0.05, 0) is 18.3 Å². The van der Waals surface area contributed by atoms with E-state index >= 15 is 0 Å². The summed E-state index contributed by atoms with van der Waals surface area (Å²) in [4.78, 5) is 11.7. The molecule has 1 N–H and O–H groups in total. The number of carbonyl (C=O) groups is 1. The molecule has 0 bridgehead atoms. The number of allylic oxidation sites excluding steroid dienone is 1. The molecule has 0 aromatic carbocycles. The third kappa shape index (κ3) is 1.87. The van der Waals surface area contributed by atoms with Crippen LogP contribution in [0.5, 0.6) is 0 Å². The second-order valence-electron chi connectivity index (χ2n) is 4.47. The Bertz CT molecular complexity index is 242. The van der Waals surface area contributed by atoms with Crippen LogP contribution in [0, 0.1) is 11.3 Å². The van der Waals surface area contributed by atoms with Crippen LogP contribution in [0.25, 0.3) is 0 Å². The molecule has 1 amide bonds. The van der Waals surface area contributed by atoms with Crippen LogP contribution < -0.4 is 5.31 Å². The Kier molecular flexibility index (Phi) is 1.91. The number of rotatable bonds is 0. The number of piperidine rings is 1. The first-order valence-corrected chi connectivity index (χ1v) is 4.34. The summed E-state index contributed by atoms with van der Waals surface area (Å²) in [6.45, 7) is 9.80. The first kappa shape index (κ1) is 7.84. The molecule has 2 heteroatoms. The molecule has 0 aromatic heterocycles. The third-order valence-electron chi connectivity index (χ3n) is 2.33. The predicted octanol–water partition coefficient (Wildman–Crippen LogP) is 2.07. The zero-order valence-corrected chi connectivity index (χ0v) is 8.05. The molecule has 0 aliphatic carbocycles. The Labute approximate surface area is 75.5 Å². The summed E-state index contributed by atoms with van der Waals surface area (Å²) in [6.07, 6.45) is 1.59. The molecule has 1 aliphatic heterocycles. The van der Waals surface area contributed by atoms with E-state index < -0.39 is 0 Å². The second kappa shape index (κ2) is 2.92. The molecule has 1 rings (SSSR count). The lowest BCUT2D eigenvalue weighted by molar-refractivity contribution is -0.129. The van der Waals surface area contributed by atoms with Gasteiger partial charge in [0, 0.05) is 11.6 Å². The lowest BCUT2D eigenvalue weighted by Crippen LogP contribution is -2.41. The maximum absolute atomic E-state index is 11.7. The van der Waals surface area contributed by atoms with Crippen molar-refractivity contribution in [3.8, 4) is 0 Å². The third-order valence-corrected chi connectivity index (χ3v) is 2.33. The molecular weight excluding hydrogens is 150 g/mol. The molecule has 2 nitrogen and oxygen atoms in total. The zero-order valence-electron chi connectivity index (χ0n) is 9.05. The minimum absolute atomic E-state index is 0.0319. The van der Waals surface area contributed by atoms with E-state index in [-0.39, 0.29) is 17.2 Å². The molecule has 68 valence electrons. The van der Waals surface area contributed by atoms with E-state index in [2.05, 4.69) is 6.58 Å². The molecular formula is C10H17NO. The van der Waals surface area contributed by atoms with Gasteiger partial charge in [-0.25, -0.2) is 0 Å². The Morgan fingerprint density at radius 2 is 2.25 bits per heavy atom. The summed E-state index contributed by atoms with van der Waals surface area (Å²) in [5, 5.41) is 0.958. The van der Waals surface area contributed by atoms with Gasteiger partial charge in [-0.3, -0.25) is 4.79 Å². The minimum atomic E-state index is -0.108. The lowest BCUT2D eigenvalue weighted by atomic mass is 9.76. The summed E-state index contributed by atoms with van der Waals surface area (Å²) in [5.41, 5.74) is 0.572. The quantitative estimate of drug-likeness (QED) is 0.589. The summed E-state index contributed by atoms with van der Waals surface area (Å²) < 4.78 is 7.48. The average Bonchev–Trinajstić information content (AvgIpc) is 1.98. The van der Waals surface area contributed by atoms with Crippen molar-refractivity contribution < 1.29 is 6.21 Å². The molecule has 0 spiro atoms. The fraction of sp³-hybridized carbons (Fsp3) is 0.700. The van der Waals surface area contributed by atoms with E-state index in [1.54, 1.807) is 0 Å². The van der Waals surface area contributed by atoms with E-state index in [1.807, 2.05) is 20.8 Å². The van der Waals surface area contributed by atoms with Gasteiger partial charge in [0.15, 0.2) is 1.41 Å². The molecule has 0 radical (unpaired) electrons. The van der Waals surface area contributed by atoms with Gasteiger partial charge in [0.05, 0.1) is 0 Å². The predicted molar refractivity (Wildman–Crippen MR) is 49.5 cm³/mol. The van der Waals surface area contributed by atoms with Crippen LogP contribution in [-0.4, -0.2) is 5.91 Å². The first-order valence-electron chi connectivity index (χ1n) is 4.79. The molecule has 0 aromatic rings. The summed E-state index contributed by atoms with van der Waals surface area (Å²) in [6, 6.07) is 0. The highest BCUT2D eigenvalue weighted by Crippen LogP contribution is 2.33. The van der Waals surface area contributed by atoms with Crippen LogP contribution >= 0.6 is 0 Å². The highest BCUT2D eigenvalue weighted by atomic mass is 16.2. The van der Waals surface area contributed by atoms with Crippen molar-refractivity contribution in [2.24, 2.45) is 11.3 Å². The Balaban J connectivity index is 2.82. The normalized spacial score (nSPS) is 27.4. The van der Waals surface area contributed by atoms with E-state index in [1.165, 1.54) is 0 Å². The fourth-order valence-corrected chi connectivity index (χ4v) is 1.53. The van der Waals surface area contributed by atoms with Crippen molar-refractivity contribution in [2.75, 3.05) is 0 Å². The van der Waals surface area contributed by atoms with E-state index in [0.717, 1.165) is 18.2 Å². The molecule has 1 unspecified atom stereocenters. The van der Waals surface area contributed by atoms with Gasteiger partial charge in [-0.2, -0.15) is 0 Å². The largest absolute Gasteiger partial charge is 0.330 e. The maximum atomic E-state index is 11.7. The highest BCUT2D eigenvalue weighted by molar-refractivity contribution is 5.82. The van der Waals surface area contributed by atoms with Crippen LogP contribution in [0.3, 0.4) is 0 Å². The molecule has 0 saturated carbocycles. The molecule has 1 saturated heterocycles. The molecule has 1 heterocycles. The summed E-state index contributed by atoms with van der Waals surface area (Å²) in [7, 11) is 0. The van der Waals surface area contributed by atoms with Crippen molar-refractivity contribution in [1.82, 2.24) is 5.31 Å². The van der Waals surface area contributed by atoms with E-state index in [9.17, 15) is 4.79 Å². The van der Waals surface area contributed by atoms with Crippen molar-refractivity contribution in [3.63, 3.8) is 0 Å². The van der Waals surface area contributed by atoms with E-state index in [0.29, 0.717) is 5.70 Å². The van der Waals surface area contributed by atoms with Crippen LogP contribution in [-0.2, 0) is 4.79 Å². The Morgan fingerprint density at radius 3 is 2.75 bits per heavy atom. The standard InChI is InChI=1S/C10H17NO/c1-7-5-6-8(9(12)11-7)10(2,3)4/h8H,1,5-6H2,2-4H3,(H,11,12)/i/hD. The zero-order chi connectivity index (χ0) is 10.2.